The third-order valence-corrected chi connectivity index (χ3v) is 4.02. The zero-order valence-corrected chi connectivity index (χ0v) is 12.1. The van der Waals surface area contributed by atoms with Gasteiger partial charge in [0.05, 0.1) is 15.7 Å². The second-order valence-corrected chi connectivity index (χ2v) is 5.12. The number of benzene rings is 1. The lowest BCUT2D eigenvalue weighted by Crippen LogP contribution is -2.45. The SMILES string of the molecule is CCC(N)(CC)CNc1ccc(C#N)c(Br)c1F. The average Bonchev–Trinajstić information content (AvgIpc) is 2.40. The molecule has 0 heterocycles. The van der Waals surface area contributed by atoms with Crippen molar-refractivity contribution >= 4 is 21.6 Å². The van der Waals surface area contributed by atoms with Gasteiger partial charge in [0, 0.05) is 12.1 Å². The maximum atomic E-state index is 13.9. The number of nitrogens with two attached hydrogens (primary N) is 1. The van der Waals surface area contributed by atoms with Gasteiger partial charge >= 0.3 is 0 Å². The Morgan fingerprint density at radius 1 is 1.44 bits per heavy atom. The van der Waals surface area contributed by atoms with Crippen molar-refractivity contribution in [1.29, 1.82) is 5.26 Å². The van der Waals surface area contributed by atoms with Crippen molar-refractivity contribution < 1.29 is 4.39 Å². The van der Waals surface area contributed by atoms with Crippen molar-refractivity contribution in [2.45, 2.75) is 32.2 Å². The van der Waals surface area contributed by atoms with Crippen LogP contribution < -0.4 is 11.1 Å². The van der Waals surface area contributed by atoms with E-state index in [1.807, 2.05) is 19.9 Å². The minimum atomic E-state index is -0.455. The Hall–Kier alpha value is -1.12. The summed E-state index contributed by atoms with van der Waals surface area (Å²) in [4.78, 5) is 0. The summed E-state index contributed by atoms with van der Waals surface area (Å²) in [5.41, 5.74) is 6.44. The largest absolute Gasteiger partial charge is 0.381 e. The van der Waals surface area contributed by atoms with Crippen LogP contribution in [0, 0.1) is 17.1 Å². The molecular weight excluding hydrogens is 297 g/mol. The number of halogens is 2. The maximum absolute atomic E-state index is 13.9. The molecule has 3 N–H and O–H groups in total. The number of hydrogen-bond donors (Lipinski definition) is 2. The second-order valence-electron chi connectivity index (χ2n) is 4.32. The third-order valence-electron chi connectivity index (χ3n) is 3.24. The highest BCUT2D eigenvalue weighted by Crippen LogP contribution is 2.27. The van der Waals surface area contributed by atoms with Crippen LogP contribution in [0.4, 0.5) is 10.1 Å². The number of nitrogens with one attached hydrogen (secondary N) is 1. The molecule has 0 radical (unpaired) electrons. The fourth-order valence-corrected chi connectivity index (χ4v) is 1.98. The molecule has 5 heteroatoms. The molecule has 0 fully saturated rings. The summed E-state index contributed by atoms with van der Waals surface area (Å²) in [7, 11) is 0. The van der Waals surface area contributed by atoms with Crippen LogP contribution in [0.5, 0.6) is 0 Å². The van der Waals surface area contributed by atoms with Gasteiger partial charge in [0.25, 0.3) is 0 Å². The van der Waals surface area contributed by atoms with E-state index in [1.165, 1.54) is 0 Å². The molecule has 18 heavy (non-hydrogen) atoms. The van der Waals surface area contributed by atoms with E-state index in [1.54, 1.807) is 12.1 Å². The summed E-state index contributed by atoms with van der Waals surface area (Å²) < 4.78 is 14.1. The summed E-state index contributed by atoms with van der Waals surface area (Å²) >= 11 is 3.08. The minimum absolute atomic E-state index is 0.186. The molecule has 0 atom stereocenters. The number of rotatable bonds is 5. The Morgan fingerprint density at radius 3 is 2.56 bits per heavy atom. The molecule has 0 bridgehead atoms. The highest BCUT2D eigenvalue weighted by atomic mass is 79.9. The summed E-state index contributed by atoms with van der Waals surface area (Å²) in [6, 6.07) is 5.05. The van der Waals surface area contributed by atoms with Gasteiger partial charge in [-0.25, -0.2) is 4.39 Å². The van der Waals surface area contributed by atoms with Crippen LogP contribution >= 0.6 is 15.9 Å². The highest BCUT2D eigenvalue weighted by molar-refractivity contribution is 9.10. The van der Waals surface area contributed by atoms with Gasteiger partial charge in [-0.1, -0.05) is 13.8 Å². The van der Waals surface area contributed by atoms with E-state index in [0.717, 1.165) is 12.8 Å². The van der Waals surface area contributed by atoms with Crippen molar-refractivity contribution in [2.24, 2.45) is 5.73 Å². The number of nitrogens with zero attached hydrogens (tertiary/aromatic N) is 1. The summed E-state index contributed by atoms with van der Waals surface area (Å²) in [6.07, 6.45) is 1.63. The van der Waals surface area contributed by atoms with Crippen molar-refractivity contribution in [1.82, 2.24) is 0 Å². The molecule has 98 valence electrons. The Bertz CT molecular complexity index is 464. The standard InChI is InChI=1S/C13H17BrFN3/c1-3-13(17,4-2)8-18-10-6-5-9(7-16)11(14)12(10)15/h5-6,18H,3-4,8,17H2,1-2H3. The molecule has 0 aliphatic heterocycles. The minimum Gasteiger partial charge on any atom is -0.381 e. The van der Waals surface area contributed by atoms with Gasteiger partial charge in [0.2, 0.25) is 0 Å². The lowest BCUT2D eigenvalue weighted by atomic mass is 9.94. The quantitative estimate of drug-likeness (QED) is 0.876. The molecule has 0 saturated heterocycles. The van der Waals surface area contributed by atoms with Crippen LogP contribution in [0.3, 0.4) is 0 Å². The van der Waals surface area contributed by atoms with Crippen molar-refractivity contribution in [3.63, 3.8) is 0 Å². The highest BCUT2D eigenvalue weighted by Gasteiger charge is 2.21. The van der Waals surface area contributed by atoms with E-state index in [2.05, 4.69) is 21.2 Å². The molecule has 0 spiro atoms. The smallest absolute Gasteiger partial charge is 0.161 e. The summed E-state index contributed by atoms with van der Waals surface area (Å²) in [5.74, 6) is -0.455. The molecule has 0 saturated carbocycles. The number of hydrogen-bond acceptors (Lipinski definition) is 3. The third kappa shape index (κ3) is 3.21. The summed E-state index contributed by atoms with van der Waals surface area (Å²) in [6.45, 7) is 4.52. The first-order valence-electron chi connectivity index (χ1n) is 5.88. The van der Waals surface area contributed by atoms with E-state index in [4.69, 9.17) is 11.0 Å². The zero-order chi connectivity index (χ0) is 13.8. The van der Waals surface area contributed by atoms with Gasteiger partial charge in [-0.3, -0.25) is 0 Å². The van der Waals surface area contributed by atoms with Crippen LogP contribution in [-0.4, -0.2) is 12.1 Å². The molecule has 0 aliphatic rings. The van der Waals surface area contributed by atoms with Crippen molar-refractivity contribution in [3.05, 3.63) is 28.0 Å². The van der Waals surface area contributed by atoms with Gasteiger partial charge in [0.1, 0.15) is 6.07 Å². The Morgan fingerprint density at radius 2 is 2.06 bits per heavy atom. The fraction of sp³-hybridized carbons (Fsp3) is 0.462. The van der Waals surface area contributed by atoms with E-state index in [-0.39, 0.29) is 15.6 Å². The normalized spacial score (nSPS) is 11.1. The Balaban J connectivity index is 2.88. The van der Waals surface area contributed by atoms with E-state index < -0.39 is 5.82 Å². The van der Waals surface area contributed by atoms with Gasteiger partial charge < -0.3 is 11.1 Å². The van der Waals surface area contributed by atoms with E-state index in [0.29, 0.717) is 12.2 Å². The van der Waals surface area contributed by atoms with Crippen molar-refractivity contribution in [2.75, 3.05) is 11.9 Å². The first kappa shape index (κ1) is 14.9. The predicted molar refractivity (Wildman–Crippen MR) is 74.8 cm³/mol. The molecule has 0 aliphatic carbocycles. The first-order valence-corrected chi connectivity index (χ1v) is 6.67. The predicted octanol–water partition coefficient (Wildman–Crippen LogP) is 3.39. The lowest BCUT2D eigenvalue weighted by Gasteiger charge is -2.27. The molecule has 1 rings (SSSR count). The molecule has 0 aromatic heterocycles. The Kier molecular flexibility index (Phi) is 5.12. The van der Waals surface area contributed by atoms with Gasteiger partial charge in [-0.2, -0.15) is 5.26 Å². The number of nitriles is 1. The zero-order valence-electron chi connectivity index (χ0n) is 10.6. The molecule has 0 amide bonds. The van der Waals surface area contributed by atoms with Gasteiger partial charge in [0.15, 0.2) is 5.82 Å². The summed E-state index contributed by atoms with van der Waals surface area (Å²) in [5, 5.41) is 11.8. The van der Waals surface area contributed by atoms with E-state index >= 15 is 0 Å². The van der Waals surface area contributed by atoms with Crippen LogP contribution in [0.25, 0.3) is 0 Å². The fourth-order valence-electron chi connectivity index (χ4n) is 1.54. The first-order chi connectivity index (χ1) is 8.47. The topological polar surface area (TPSA) is 61.8 Å². The molecule has 1 aromatic rings. The van der Waals surface area contributed by atoms with Crippen LogP contribution in [-0.2, 0) is 0 Å². The second kappa shape index (κ2) is 6.17. The van der Waals surface area contributed by atoms with Crippen molar-refractivity contribution in [3.8, 4) is 6.07 Å². The van der Waals surface area contributed by atoms with Gasteiger partial charge in [-0.15, -0.1) is 0 Å². The van der Waals surface area contributed by atoms with Gasteiger partial charge in [-0.05, 0) is 40.9 Å². The van der Waals surface area contributed by atoms with E-state index in [9.17, 15) is 4.39 Å². The molecular formula is C13H17BrFN3. The molecule has 1 aromatic carbocycles. The Labute approximate surface area is 115 Å². The van der Waals surface area contributed by atoms with Crippen LogP contribution in [0.1, 0.15) is 32.3 Å². The average molecular weight is 314 g/mol. The monoisotopic (exact) mass is 313 g/mol. The molecule has 3 nitrogen and oxygen atoms in total. The number of anilines is 1. The van der Waals surface area contributed by atoms with Crippen LogP contribution in [0.2, 0.25) is 0 Å². The molecule has 0 unspecified atom stereocenters. The lowest BCUT2D eigenvalue weighted by molar-refractivity contribution is 0.417. The maximum Gasteiger partial charge on any atom is 0.161 e. The van der Waals surface area contributed by atoms with Crippen LogP contribution in [0.15, 0.2) is 16.6 Å².